The summed E-state index contributed by atoms with van der Waals surface area (Å²) in [5, 5.41) is 2.26. The molecule has 1 radical (unpaired) electrons. The Morgan fingerprint density at radius 3 is 1.88 bits per heavy atom. The van der Waals surface area contributed by atoms with Gasteiger partial charge >= 0.3 is 0 Å². The van der Waals surface area contributed by atoms with Crippen molar-refractivity contribution in [2.75, 3.05) is 0 Å². The minimum Gasteiger partial charge on any atom is -0.304 e. The predicted molar refractivity (Wildman–Crippen MR) is 163 cm³/mol. The topological polar surface area (TPSA) is 38.7 Å². The van der Waals surface area contributed by atoms with Crippen molar-refractivity contribution >= 4 is 10.8 Å². The summed E-state index contributed by atoms with van der Waals surface area (Å²) in [7, 11) is 0. The maximum Gasteiger partial charge on any atom is 0.142 e. The van der Waals surface area contributed by atoms with E-state index in [0.29, 0.717) is 5.82 Å². The van der Waals surface area contributed by atoms with Gasteiger partial charge in [0.25, 0.3) is 0 Å². The minimum absolute atomic E-state index is 0. The first-order valence-electron chi connectivity index (χ1n) is 13.3. The predicted octanol–water partition coefficient (Wildman–Crippen LogP) is 9.16. The summed E-state index contributed by atoms with van der Waals surface area (Å²) < 4.78 is 0. The third-order valence-electron chi connectivity index (χ3n) is 7.05. The summed E-state index contributed by atoms with van der Waals surface area (Å²) in [6.45, 7) is 0. The molecular weight excluding hydrogens is 679 g/mol. The molecule has 0 bridgehead atoms. The van der Waals surface area contributed by atoms with Gasteiger partial charge in [-0.15, -0.1) is 29.8 Å². The summed E-state index contributed by atoms with van der Waals surface area (Å²) >= 11 is 0. The number of hydrogen-bond donors (Lipinski definition) is 0. The first-order chi connectivity index (χ1) is 19.8. The van der Waals surface area contributed by atoms with Crippen LogP contribution in [0.4, 0.5) is 0 Å². The van der Waals surface area contributed by atoms with E-state index >= 15 is 0 Å². The van der Waals surface area contributed by atoms with Crippen LogP contribution >= 0.6 is 0 Å². The third-order valence-corrected chi connectivity index (χ3v) is 7.05. The summed E-state index contributed by atoms with van der Waals surface area (Å²) in [4.78, 5) is 14.9. The Labute approximate surface area is 253 Å². The van der Waals surface area contributed by atoms with Gasteiger partial charge in [0, 0.05) is 37.4 Å². The Balaban J connectivity index is 0.00000302. The first-order valence-corrected chi connectivity index (χ1v) is 13.3. The van der Waals surface area contributed by atoms with E-state index in [0.717, 1.165) is 61.2 Å². The number of aromatic nitrogens is 3. The first kappa shape index (κ1) is 26.5. The second-order valence-electron chi connectivity index (χ2n) is 9.65. The van der Waals surface area contributed by atoms with Crippen LogP contribution in [-0.2, 0) is 20.1 Å². The SMILES string of the molecule is [Ir].[c-]1ccc(-c2nc(-c3ccccc3)cc(-c3ccccc3-c3ccccc3)n2)cc1-c1cc2ccccc2cn1. The molecule has 41 heavy (non-hydrogen) atoms. The maximum absolute atomic E-state index is 5.12. The molecule has 0 fully saturated rings. The number of rotatable bonds is 5. The summed E-state index contributed by atoms with van der Waals surface area (Å²) in [5.41, 5.74) is 8.84. The van der Waals surface area contributed by atoms with Crippen LogP contribution < -0.4 is 0 Å². The summed E-state index contributed by atoms with van der Waals surface area (Å²) in [6, 6.07) is 50.9. The summed E-state index contributed by atoms with van der Waals surface area (Å²) in [5.74, 6) is 0.662. The molecule has 5 aromatic carbocycles. The monoisotopic (exact) mass is 703 g/mol. The number of nitrogens with zero attached hydrogens (tertiary/aromatic N) is 3. The standard InChI is InChI=1S/C37H24N3.Ir/c1-3-12-26(13-4-1)32-20-9-10-21-33(32)36-24-35(27-14-5-2-6-15-27)39-37(40-36)30-19-11-18-29(22-30)34-23-28-16-7-8-17-31(28)25-38-34;/h1-17,19-25H;/q-1;. The number of benzene rings is 5. The molecule has 7 aromatic rings. The summed E-state index contributed by atoms with van der Waals surface area (Å²) in [6.07, 6.45) is 1.91. The van der Waals surface area contributed by atoms with Crippen molar-refractivity contribution in [2.24, 2.45) is 0 Å². The quantitative estimate of drug-likeness (QED) is 0.168. The molecule has 0 saturated carbocycles. The molecule has 0 N–H and O–H groups in total. The Hall–Kier alpha value is -4.76. The molecule has 0 amide bonds. The molecule has 7 rings (SSSR count). The van der Waals surface area contributed by atoms with E-state index in [1.54, 1.807) is 0 Å². The Bertz CT molecular complexity index is 1950. The molecule has 2 aromatic heterocycles. The fourth-order valence-corrected chi connectivity index (χ4v) is 5.03. The molecule has 0 unspecified atom stereocenters. The third kappa shape index (κ3) is 5.49. The zero-order valence-electron chi connectivity index (χ0n) is 22.0. The van der Waals surface area contributed by atoms with Crippen LogP contribution in [0, 0.1) is 6.07 Å². The van der Waals surface area contributed by atoms with Crippen molar-refractivity contribution in [2.45, 2.75) is 0 Å². The van der Waals surface area contributed by atoms with Gasteiger partial charge in [0.2, 0.25) is 0 Å². The van der Waals surface area contributed by atoms with E-state index in [9.17, 15) is 0 Å². The van der Waals surface area contributed by atoms with E-state index in [4.69, 9.17) is 15.0 Å². The van der Waals surface area contributed by atoms with Crippen LogP contribution in [0.2, 0.25) is 0 Å². The van der Waals surface area contributed by atoms with Gasteiger partial charge in [-0.1, -0.05) is 121 Å². The molecule has 0 atom stereocenters. The molecule has 3 nitrogen and oxygen atoms in total. The van der Waals surface area contributed by atoms with E-state index in [1.807, 2.05) is 54.7 Å². The largest absolute Gasteiger partial charge is 0.304 e. The maximum atomic E-state index is 5.12. The van der Waals surface area contributed by atoms with Gasteiger partial charge < -0.3 is 4.98 Å². The average molecular weight is 703 g/mol. The van der Waals surface area contributed by atoms with Gasteiger partial charge in [-0.25, -0.2) is 9.97 Å². The fraction of sp³-hybridized carbons (Fsp3) is 0. The Kier molecular flexibility index (Phi) is 7.60. The molecule has 197 valence electrons. The van der Waals surface area contributed by atoms with Crippen LogP contribution in [0.3, 0.4) is 0 Å². The molecular formula is C37H24IrN3-. The second-order valence-corrected chi connectivity index (χ2v) is 9.65. The Morgan fingerprint density at radius 2 is 1.10 bits per heavy atom. The van der Waals surface area contributed by atoms with E-state index in [2.05, 4.69) is 97.1 Å². The zero-order valence-corrected chi connectivity index (χ0v) is 24.4. The number of fused-ring (bicyclic) bond motifs is 1. The van der Waals surface area contributed by atoms with E-state index in [1.165, 1.54) is 0 Å². The van der Waals surface area contributed by atoms with Crippen molar-refractivity contribution in [1.82, 2.24) is 15.0 Å². The van der Waals surface area contributed by atoms with Gasteiger partial charge in [0.05, 0.1) is 11.4 Å². The van der Waals surface area contributed by atoms with Crippen molar-refractivity contribution in [3.63, 3.8) is 0 Å². The molecule has 0 saturated heterocycles. The number of pyridine rings is 1. The zero-order chi connectivity index (χ0) is 26.7. The smallest absolute Gasteiger partial charge is 0.142 e. The van der Waals surface area contributed by atoms with Gasteiger partial charge in [-0.05, 0) is 33.7 Å². The van der Waals surface area contributed by atoms with Crippen LogP contribution in [0.25, 0.3) is 67.1 Å². The number of hydrogen-bond acceptors (Lipinski definition) is 3. The second kappa shape index (κ2) is 11.8. The van der Waals surface area contributed by atoms with Gasteiger partial charge in [0.1, 0.15) is 5.82 Å². The van der Waals surface area contributed by atoms with Crippen molar-refractivity contribution in [1.29, 1.82) is 0 Å². The van der Waals surface area contributed by atoms with E-state index < -0.39 is 0 Å². The molecule has 0 aliphatic rings. The van der Waals surface area contributed by atoms with Crippen molar-refractivity contribution in [3.05, 3.63) is 152 Å². The van der Waals surface area contributed by atoms with Gasteiger partial charge in [0.15, 0.2) is 0 Å². The van der Waals surface area contributed by atoms with E-state index in [-0.39, 0.29) is 20.1 Å². The van der Waals surface area contributed by atoms with Crippen molar-refractivity contribution in [3.8, 4) is 56.3 Å². The molecule has 2 heterocycles. The van der Waals surface area contributed by atoms with Gasteiger partial charge in [-0.2, -0.15) is 0 Å². The molecule has 4 heteroatoms. The van der Waals surface area contributed by atoms with Crippen LogP contribution in [0.1, 0.15) is 0 Å². The molecule has 0 aliphatic carbocycles. The minimum atomic E-state index is 0. The van der Waals surface area contributed by atoms with Crippen LogP contribution in [0.15, 0.2) is 146 Å². The van der Waals surface area contributed by atoms with Crippen LogP contribution in [0.5, 0.6) is 0 Å². The molecule has 0 spiro atoms. The van der Waals surface area contributed by atoms with Crippen LogP contribution in [-0.4, -0.2) is 15.0 Å². The average Bonchev–Trinajstić information content (AvgIpc) is 3.05. The molecule has 0 aliphatic heterocycles. The fourth-order valence-electron chi connectivity index (χ4n) is 5.03. The Morgan fingerprint density at radius 1 is 0.463 bits per heavy atom. The van der Waals surface area contributed by atoms with Gasteiger partial charge in [-0.3, -0.25) is 0 Å². The normalized spacial score (nSPS) is 10.7. The van der Waals surface area contributed by atoms with Crippen molar-refractivity contribution < 1.29 is 20.1 Å².